The lowest BCUT2D eigenvalue weighted by atomic mass is 10.1. The van der Waals surface area contributed by atoms with E-state index in [1.807, 2.05) is 31.2 Å². The minimum absolute atomic E-state index is 0.177. The zero-order chi connectivity index (χ0) is 14.4. The van der Waals surface area contributed by atoms with Crippen LogP contribution in [0.1, 0.15) is 11.1 Å². The molecule has 0 spiro atoms. The molecule has 5 heteroatoms. The lowest BCUT2D eigenvalue weighted by molar-refractivity contribution is -0.139. The predicted molar refractivity (Wildman–Crippen MR) is 75.9 cm³/mol. The Hall–Kier alpha value is -2.27. The van der Waals surface area contributed by atoms with Crippen LogP contribution in [0.15, 0.2) is 36.7 Å². The van der Waals surface area contributed by atoms with Gasteiger partial charge in [0.25, 0.3) is 0 Å². The van der Waals surface area contributed by atoms with Crippen LogP contribution in [0.2, 0.25) is 0 Å². The van der Waals surface area contributed by atoms with E-state index in [1.165, 1.54) is 12.7 Å². The third-order valence-electron chi connectivity index (χ3n) is 2.81. The summed E-state index contributed by atoms with van der Waals surface area (Å²) < 4.78 is 4.54. The smallest absolute Gasteiger partial charge is 0.319 e. The molecule has 0 radical (unpaired) electrons. The number of nitrogens with zero attached hydrogens (tertiary/aromatic N) is 2. The van der Waals surface area contributed by atoms with Gasteiger partial charge in [-0.25, -0.2) is 9.97 Å². The molecule has 1 heterocycles. The minimum Gasteiger partial charge on any atom is -0.468 e. The lowest BCUT2D eigenvalue weighted by Crippen LogP contribution is -2.23. The first-order chi connectivity index (χ1) is 9.69. The van der Waals surface area contributed by atoms with Crippen LogP contribution in [0.5, 0.6) is 0 Å². The van der Waals surface area contributed by atoms with Crippen LogP contribution in [-0.4, -0.2) is 29.6 Å². The van der Waals surface area contributed by atoms with Crippen molar-refractivity contribution in [2.24, 2.45) is 0 Å². The largest absolute Gasteiger partial charge is 0.468 e. The monoisotopic (exact) mass is 271 g/mol. The fourth-order valence-electron chi connectivity index (χ4n) is 1.76. The second-order valence-corrected chi connectivity index (χ2v) is 4.46. The number of rotatable bonds is 5. The molecule has 0 amide bonds. The topological polar surface area (TPSA) is 64.1 Å². The van der Waals surface area contributed by atoms with Crippen LogP contribution in [0.4, 0.5) is 0 Å². The van der Waals surface area contributed by atoms with Crippen LogP contribution >= 0.6 is 0 Å². The third kappa shape index (κ3) is 3.86. The van der Waals surface area contributed by atoms with Crippen LogP contribution in [0, 0.1) is 6.92 Å². The van der Waals surface area contributed by atoms with Crippen molar-refractivity contribution in [2.45, 2.75) is 13.5 Å². The summed E-state index contributed by atoms with van der Waals surface area (Å²) >= 11 is 0. The Morgan fingerprint density at radius 1 is 1.30 bits per heavy atom. The highest BCUT2D eigenvalue weighted by molar-refractivity contribution is 5.71. The molecular weight excluding hydrogens is 254 g/mol. The van der Waals surface area contributed by atoms with Gasteiger partial charge in [-0.1, -0.05) is 23.8 Å². The maximum Gasteiger partial charge on any atom is 0.319 e. The van der Waals surface area contributed by atoms with Crippen molar-refractivity contribution in [1.82, 2.24) is 15.3 Å². The molecule has 0 aliphatic carbocycles. The Bertz CT molecular complexity index is 582. The number of hydrogen-bond donors (Lipinski definition) is 1. The van der Waals surface area contributed by atoms with Gasteiger partial charge in [0.05, 0.1) is 13.7 Å². The number of hydrogen-bond acceptors (Lipinski definition) is 5. The van der Waals surface area contributed by atoms with E-state index in [1.54, 1.807) is 12.4 Å². The molecule has 1 aromatic carbocycles. The van der Waals surface area contributed by atoms with Gasteiger partial charge >= 0.3 is 5.97 Å². The SMILES string of the molecule is COC(=O)CNCc1cnc(-c2cccc(C)c2)nc1. The van der Waals surface area contributed by atoms with Gasteiger partial charge in [-0.15, -0.1) is 0 Å². The highest BCUT2D eigenvalue weighted by Crippen LogP contribution is 2.15. The number of carbonyl (C=O) groups is 1. The summed E-state index contributed by atoms with van der Waals surface area (Å²) in [7, 11) is 1.36. The summed E-state index contributed by atoms with van der Waals surface area (Å²) in [6.45, 7) is 2.74. The van der Waals surface area contributed by atoms with Gasteiger partial charge in [-0.3, -0.25) is 4.79 Å². The third-order valence-corrected chi connectivity index (χ3v) is 2.81. The van der Waals surface area contributed by atoms with Gasteiger partial charge in [0.1, 0.15) is 0 Å². The zero-order valence-electron chi connectivity index (χ0n) is 11.6. The number of methoxy groups -OCH3 is 1. The quantitative estimate of drug-likeness (QED) is 0.839. The Morgan fingerprint density at radius 3 is 2.70 bits per heavy atom. The standard InChI is InChI=1S/C15H17N3O2/c1-11-4-3-5-13(6-11)15-17-8-12(9-18-15)7-16-10-14(19)20-2/h3-6,8-9,16H,7,10H2,1-2H3. The molecule has 0 saturated carbocycles. The van der Waals surface area contributed by atoms with Gasteiger partial charge < -0.3 is 10.1 Å². The average molecular weight is 271 g/mol. The van der Waals surface area contributed by atoms with Crippen molar-refractivity contribution in [3.63, 3.8) is 0 Å². The van der Waals surface area contributed by atoms with E-state index in [9.17, 15) is 4.79 Å². The van der Waals surface area contributed by atoms with Crippen LogP contribution in [0.3, 0.4) is 0 Å². The van der Waals surface area contributed by atoms with Crippen molar-refractivity contribution in [1.29, 1.82) is 0 Å². The van der Waals surface area contributed by atoms with Gasteiger partial charge in [-0.2, -0.15) is 0 Å². The molecule has 1 N–H and O–H groups in total. The highest BCUT2D eigenvalue weighted by Gasteiger charge is 2.03. The molecular formula is C15H17N3O2. The molecule has 0 saturated heterocycles. The van der Waals surface area contributed by atoms with E-state index in [4.69, 9.17) is 0 Å². The summed E-state index contributed by atoms with van der Waals surface area (Å²) in [6.07, 6.45) is 3.52. The van der Waals surface area contributed by atoms with E-state index < -0.39 is 0 Å². The number of aryl methyl sites for hydroxylation is 1. The molecule has 0 fully saturated rings. The number of nitrogens with one attached hydrogen (secondary N) is 1. The van der Waals surface area contributed by atoms with E-state index in [0.717, 1.165) is 11.1 Å². The number of aromatic nitrogens is 2. The molecule has 0 aliphatic rings. The highest BCUT2D eigenvalue weighted by atomic mass is 16.5. The van der Waals surface area contributed by atoms with E-state index in [-0.39, 0.29) is 12.5 Å². The summed E-state index contributed by atoms with van der Waals surface area (Å²) in [5.74, 6) is 0.410. The summed E-state index contributed by atoms with van der Waals surface area (Å²) in [5, 5.41) is 2.97. The van der Waals surface area contributed by atoms with Crippen LogP contribution in [-0.2, 0) is 16.1 Å². The molecule has 0 atom stereocenters. The number of carbonyl (C=O) groups excluding carboxylic acids is 1. The van der Waals surface area contributed by atoms with Gasteiger partial charge in [0, 0.05) is 30.1 Å². The Balaban J connectivity index is 1.98. The van der Waals surface area contributed by atoms with Crippen LogP contribution in [0.25, 0.3) is 11.4 Å². The zero-order valence-corrected chi connectivity index (χ0v) is 11.6. The predicted octanol–water partition coefficient (Wildman–Crippen LogP) is 1.71. The second kappa shape index (κ2) is 6.77. The fraction of sp³-hybridized carbons (Fsp3) is 0.267. The normalized spacial score (nSPS) is 10.3. The van der Waals surface area contributed by atoms with Crippen molar-refractivity contribution in [3.8, 4) is 11.4 Å². The maximum atomic E-state index is 11.0. The van der Waals surface area contributed by atoms with E-state index in [2.05, 4.69) is 20.0 Å². The first-order valence-corrected chi connectivity index (χ1v) is 6.34. The Morgan fingerprint density at radius 2 is 2.05 bits per heavy atom. The summed E-state index contributed by atoms with van der Waals surface area (Å²) in [6, 6.07) is 8.05. The Kier molecular flexibility index (Phi) is 4.79. The number of benzene rings is 1. The number of esters is 1. The fourth-order valence-corrected chi connectivity index (χ4v) is 1.76. The molecule has 1 aromatic heterocycles. The van der Waals surface area contributed by atoms with Crippen LogP contribution < -0.4 is 5.32 Å². The second-order valence-electron chi connectivity index (χ2n) is 4.46. The Labute approximate surface area is 118 Å². The molecule has 0 unspecified atom stereocenters. The van der Waals surface area contributed by atoms with Crippen molar-refractivity contribution < 1.29 is 9.53 Å². The molecule has 5 nitrogen and oxygen atoms in total. The van der Waals surface area contributed by atoms with Gasteiger partial charge in [0.2, 0.25) is 0 Å². The van der Waals surface area contributed by atoms with E-state index in [0.29, 0.717) is 12.4 Å². The molecule has 2 rings (SSSR count). The molecule has 20 heavy (non-hydrogen) atoms. The van der Waals surface area contributed by atoms with Gasteiger partial charge in [-0.05, 0) is 13.0 Å². The van der Waals surface area contributed by atoms with Crippen molar-refractivity contribution in [3.05, 3.63) is 47.8 Å². The molecule has 104 valence electrons. The first kappa shape index (κ1) is 14.1. The molecule has 0 bridgehead atoms. The minimum atomic E-state index is -0.290. The average Bonchev–Trinajstić information content (AvgIpc) is 2.48. The first-order valence-electron chi connectivity index (χ1n) is 6.34. The summed E-state index contributed by atoms with van der Waals surface area (Å²) in [4.78, 5) is 19.6. The lowest BCUT2D eigenvalue weighted by Gasteiger charge is -2.05. The number of ether oxygens (including phenoxy) is 1. The van der Waals surface area contributed by atoms with Crippen molar-refractivity contribution >= 4 is 5.97 Å². The summed E-state index contributed by atoms with van der Waals surface area (Å²) in [5.41, 5.74) is 3.10. The van der Waals surface area contributed by atoms with Gasteiger partial charge in [0.15, 0.2) is 5.82 Å². The van der Waals surface area contributed by atoms with Crippen molar-refractivity contribution in [2.75, 3.05) is 13.7 Å². The molecule has 0 aliphatic heterocycles. The maximum absolute atomic E-state index is 11.0. The van der Waals surface area contributed by atoms with E-state index >= 15 is 0 Å². The molecule has 2 aromatic rings.